The van der Waals surface area contributed by atoms with Gasteiger partial charge >= 0.3 is 5.97 Å². The van der Waals surface area contributed by atoms with Gasteiger partial charge in [-0.3, -0.25) is 4.79 Å². The summed E-state index contributed by atoms with van der Waals surface area (Å²) in [6.07, 6.45) is 6.95. The predicted octanol–water partition coefficient (Wildman–Crippen LogP) is 2.17. The predicted molar refractivity (Wildman–Crippen MR) is 56.0 cm³/mol. The largest absolute Gasteiger partial charge is 0.469 e. The van der Waals surface area contributed by atoms with Crippen LogP contribution in [0.1, 0.15) is 26.2 Å². The molecule has 0 aliphatic rings. The Bertz CT molecular complexity index is 175. The average molecular weight is 200 g/mol. The van der Waals surface area contributed by atoms with Crippen molar-refractivity contribution < 1.29 is 14.3 Å². The highest BCUT2D eigenvalue weighted by Gasteiger charge is 2.11. The zero-order valence-electron chi connectivity index (χ0n) is 9.29. The molecule has 0 amide bonds. The van der Waals surface area contributed by atoms with Crippen molar-refractivity contribution in [2.75, 3.05) is 20.8 Å². The summed E-state index contributed by atoms with van der Waals surface area (Å²) in [6, 6.07) is 0. The van der Waals surface area contributed by atoms with Crippen LogP contribution in [-0.2, 0) is 14.3 Å². The standard InChI is InChI=1S/C11H20O3/c1-10(11(12)14-3)8-6-4-5-7-9-13-2/h5,7,10H,4,6,8-9H2,1-3H3. The number of methoxy groups -OCH3 is 2. The van der Waals surface area contributed by atoms with Crippen molar-refractivity contribution in [3.8, 4) is 0 Å². The summed E-state index contributed by atoms with van der Waals surface area (Å²) < 4.78 is 9.49. The first-order valence-electron chi connectivity index (χ1n) is 4.94. The van der Waals surface area contributed by atoms with E-state index in [9.17, 15) is 4.79 Å². The Labute approximate surface area is 86.1 Å². The second-order valence-electron chi connectivity index (χ2n) is 3.28. The van der Waals surface area contributed by atoms with Crippen LogP contribution in [0.25, 0.3) is 0 Å². The molecule has 0 N–H and O–H groups in total. The van der Waals surface area contributed by atoms with E-state index in [1.54, 1.807) is 7.11 Å². The Morgan fingerprint density at radius 3 is 2.64 bits per heavy atom. The normalized spacial score (nSPS) is 13.1. The van der Waals surface area contributed by atoms with E-state index in [0.29, 0.717) is 6.61 Å². The van der Waals surface area contributed by atoms with Gasteiger partial charge in [0, 0.05) is 7.11 Å². The van der Waals surface area contributed by atoms with Crippen molar-refractivity contribution in [1.29, 1.82) is 0 Å². The van der Waals surface area contributed by atoms with E-state index >= 15 is 0 Å². The summed E-state index contributed by atoms with van der Waals surface area (Å²) >= 11 is 0. The van der Waals surface area contributed by atoms with Crippen LogP contribution in [0.4, 0.5) is 0 Å². The van der Waals surface area contributed by atoms with E-state index in [1.807, 2.05) is 13.0 Å². The van der Waals surface area contributed by atoms with Gasteiger partial charge < -0.3 is 9.47 Å². The van der Waals surface area contributed by atoms with Crippen LogP contribution in [-0.4, -0.2) is 26.8 Å². The molecule has 0 fully saturated rings. The van der Waals surface area contributed by atoms with E-state index in [4.69, 9.17) is 4.74 Å². The van der Waals surface area contributed by atoms with Gasteiger partial charge in [-0.1, -0.05) is 19.1 Å². The third kappa shape index (κ3) is 6.66. The summed E-state index contributed by atoms with van der Waals surface area (Å²) in [5, 5.41) is 0. The maximum absolute atomic E-state index is 11.0. The number of hydrogen-bond acceptors (Lipinski definition) is 3. The van der Waals surface area contributed by atoms with Gasteiger partial charge in [-0.15, -0.1) is 0 Å². The smallest absolute Gasteiger partial charge is 0.308 e. The number of ether oxygens (including phenoxy) is 2. The molecule has 1 unspecified atom stereocenters. The van der Waals surface area contributed by atoms with Crippen LogP contribution in [0, 0.1) is 5.92 Å². The third-order valence-corrected chi connectivity index (χ3v) is 2.04. The third-order valence-electron chi connectivity index (χ3n) is 2.04. The summed E-state index contributed by atoms with van der Waals surface area (Å²) in [5.74, 6) is -0.110. The van der Waals surface area contributed by atoms with Crippen molar-refractivity contribution >= 4 is 5.97 Å². The van der Waals surface area contributed by atoms with Crippen molar-refractivity contribution in [3.63, 3.8) is 0 Å². The molecule has 0 rings (SSSR count). The molecule has 0 bridgehead atoms. The molecule has 3 heteroatoms. The van der Waals surface area contributed by atoms with Crippen LogP contribution in [0.15, 0.2) is 12.2 Å². The minimum atomic E-state index is -0.120. The Morgan fingerprint density at radius 2 is 2.07 bits per heavy atom. The Balaban J connectivity index is 3.40. The van der Waals surface area contributed by atoms with Gasteiger partial charge in [0.2, 0.25) is 0 Å². The highest BCUT2D eigenvalue weighted by Crippen LogP contribution is 2.09. The number of unbranched alkanes of at least 4 members (excludes halogenated alkanes) is 1. The number of rotatable bonds is 7. The van der Waals surface area contributed by atoms with E-state index < -0.39 is 0 Å². The van der Waals surface area contributed by atoms with Crippen molar-refractivity contribution in [2.24, 2.45) is 5.92 Å². The zero-order chi connectivity index (χ0) is 10.8. The topological polar surface area (TPSA) is 35.5 Å². The van der Waals surface area contributed by atoms with Crippen LogP contribution in [0.5, 0.6) is 0 Å². The van der Waals surface area contributed by atoms with Gasteiger partial charge in [-0.05, 0) is 19.3 Å². The lowest BCUT2D eigenvalue weighted by molar-refractivity contribution is -0.145. The molecule has 0 aliphatic heterocycles. The first-order valence-corrected chi connectivity index (χ1v) is 4.94. The molecule has 82 valence electrons. The summed E-state index contributed by atoms with van der Waals surface area (Å²) in [6.45, 7) is 2.55. The SMILES string of the molecule is COCC=CCCCC(C)C(=O)OC. The highest BCUT2D eigenvalue weighted by atomic mass is 16.5. The Morgan fingerprint density at radius 1 is 1.36 bits per heavy atom. The molecular weight excluding hydrogens is 180 g/mol. The Hall–Kier alpha value is -0.830. The maximum Gasteiger partial charge on any atom is 0.308 e. The fraction of sp³-hybridized carbons (Fsp3) is 0.727. The van der Waals surface area contributed by atoms with E-state index in [2.05, 4.69) is 10.8 Å². The molecule has 1 atom stereocenters. The molecule has 0 aromatic heterocycles. The van der Waals surface area contributed by atoms with Gasteiger partial charge in [0.1, 0.15) is 0 Å². The summed E-state index contributed by atoms with van der Waals surface area (Å²) in [5.41, 5.74) is 0. The minimum Gasteiger partial charge on any atom is -0.469 e. The average Bonchev–Trinajstić information content (AvgIpc) is 2.21. The van der Waals surface area contributed by atoms with E-state index in [-0.39, 0.29) is 11.9 Å². The molecule has 0 saturated carbocycles. The molecule has 0 aromatic carbocycles. The molecule has 14 heavy (non-hydrogen) atoms. The molecule has 0 spiro atoms. The number of allylic oxidation sites excluding steroid dienone is 1. The molecule has 0 saturated heterocycles. The zero-order valence-corrected chi connectivity index (χ0v) is 9.29. The van der Waals surface area contributed by atoms with Gasteiger partial charge in [0.05, 0.1) is 19.6 Å². The lowest BCUT2D eigenvalue weighted by Gasteiger charge is -2.06. The lowest BCUT2D eigenvalue weighted by Crippen LogP contribution is -2.12. The Kier molecular flexibility index (Phi) is 8.24. The first kappa shape index (κ1) is 13.2. The molecule has 0 aromatic rings. The lowest BCUT2D eigenvalue weighted by atomic mass is 10.0. The maximum atomic E-state index is 11.0. The monoisotopic (exact) mass is 200 g/mol. The summed E-state index contributed by atoms with van der Waals surface area (Å²) in [4.78, 5) is 11.0. The molecular formula is C11H20O3. The molecule has 0 aliphatic carbocycles. The number of carbonyl (C=O) groups is 1. The van der Waals surface area contributed by atoms with Gasteiger partial charge in [-0.2, -0.15) is 0 Å². The van der Waals surface area contributed by atoms with Crippen molar-refractivity contribution in [1.82, 2.24) is 0 Å². The molecule has 3 nitrogen and oxygen atoms in total. The number of carbonyl (C=O) groups excluding carboxylic acids is 1. The minimum absolute atomic E-state index is 0.0100. The van der Waals surface area contributed by atoms with Crippen LogP contribution in [0.3, 0.4) is 0 Å². The van der Waals surface area contributed by atoms with Gasteiger partial charge in [0.25, 0.3) is 0 Å². The second kappa shape index (κ2) is 8.75. The van der Waals surface area contributed by atoms with E-state index in [1.165, 1.54) is 7.11 Å². The van der Waals surface area contributed by atoms with Crippen LogP contribution >= 0.6 is 0 Å². The summed E-state index contributed by atoms with van der Waals surface area (Å²) in [7, 11) is 3.10. The highest BCUT2D eigenvalue weighted by molar-refractivity contribution is 5.71. The fourth-order valence-electron chi connectivity index (χ4n) is 1.14. The van der Waals surface area contributed by atoms with Crippen LogP contribution < -0.4 is 0 Å². The van der Waals surface area contributed by atoms with E-state index in [0.717, 1.165) is 19.3 Å². The molecule has 0 heterocycles. The fourth-order valence-corrected chi connectivity index (χ4v) is 1.14. The van der Waals surface area contributed by atoms with Gasteiger partial charge in [-0.25, -0.2) is 0 Å². The van der Waals surface area contributed by atoms with Crippen molar-refractivity contribution in [3.05, 3.63) is 12.2 Å². The second-order valence-corrected chi connectivity index (χ2v) is 3.28. The number of hydrogen-bond donors (Lipinski definition) is 0. The van der Waals surface area contributed by atoms with Gasteiger partial charge in [0.15, 0.2) is 0 Å². The van der Waals surface area contributed by atoms with Crippen LogP contribution in [0.2, 0.25) is 0 Å². The van der Waals surface area contributed by atoms with Crippen molar-refractivity contribution in [2.45, 2.75) is 26.2 Å². The number of esters is 1. The first-order chi connectivity index (χ1) is 6.72. The molecule has 0 radical (unpaired) electrons. The quantitative estimate of drug-likeness (QED) is 0.359.